The molecule has 7 nitrogen and oxygen atoms in total. The van der Waals surface area contributed by atoms with Crippen LogP contribution in [-0.4, -0.2) is 57.1 Å². The molecule has 4 rings (SSSR count). The molecule has 1 atom stereocenters. The fourth-order valence-electron chi connectivity index (χ4n) is 4.02. The van der Waals surface area contributed by atoms with Gasteiger partial charge in [-0.15, -0.1) is 0 Å². The van der Waals surface area contributed by atoms with E-state index >= 15 is 0 Å². The maximum Gasteiger partial charge on any atom is 0.490 e. The van der Waals surface area contributed by atoms with Gasteiger partial charge in [-0.25, -0.2) is 9.78 Å². The summed E-state index contributed by atoms with van der Waals surface area (Å²) >= 11 is 0. The number of pyridine rings is 1. The van der Waals surface area contributed by atoms with Gasteiger partial charge in [-0.3, -0.25) is 9.69 Å². The first-order chi connectivity index (χ1) is 14.2. The lowest BCUT2D eigenvalue weighted by atomic mass is 10.2. The number of carboxylic acids is 1. The molecule has 0 spiro atoms. The summed E-state index contributed by atoms with van der Waals surface area (Å²) in [6.45, 7) is 1.09. The lowest BCUT2D eigenvalue weighted by Crippen LogP contribution is -2.33. The minimum atomic E-state index is -5.08. The Morgan fingerprint density at radius 3 is 2.40 bits per heavy atom. The molecular weight excluding hydrogens is 401 g/mol. The summed E-state index contributed by atoms with van der Waals surface area (Å²) < 4.78 is 33.8. The zero-order chi connectivity index (χ0) is 21.9. The molecule has 2 aliphatic rings. The Morgan fingerprint density at radius 2 is 1.83 bits per heavy atom. The van der Waals surface area contributed by atoms with Gasteiger partial charge < -0.3 is 14.8 Å². The molecule has 10 heteroatoms. The number of hydrogen-bond acceptors (Lipinski definition) is 4. The Kier molecular flexibility index (Phi) is 6.64. The first kappa shape index (κ1) is 22.1. The van der Waals surface area contributed by atoms with E-state index in [4.69, 9.17) is 14.9 Å². The van der Waals surface area contributed by atoms with Gasteiger partial charge in [-0.2, -0.15) is 13.2 Å². The minimum absolute atomic E-state index is 0.0208. The second kappa shape index (κ2) is 9.03. The molecule has 30 heavy (non-hydrogen) atoms. The second-order valence-electron chi connectivity index (χ2n) is 7.67. The number of halogens is 3. The van der Waals surface area contributed by atoms with Crippen LogP contribution in [0.15, 0.2) is 24.4 Å². The van der Waals surface area contributed by atoms with E-state index in [1.54, 1.807) is 0 Å². The number of carbonyl (C=O) groups excluding carboxylic acids is 1. The number of likely N-dealkylation sites (tertiary alicyclic amines) is 1. The fourth-order valence-corrected chi connectivity index (χ4v) is 4.02. The quantitative estimate of drug-likeness (QED) is 0.786. The number of carboxylic acid groups (broad SMARTS) is 1. The summed E-state index contributed by atoms with van der Waals surface area (Å²) in [5, 5.41) is 10.3. The van der Waals surface area contributed by atoms with Crippen molar-refractivity contribution in [2.75, 3.05) is 13.6 Å². The van der Waals surface area contributed by atoms with Crippen molar-refractivity contribution in [2.45, 2.75) is 56.8 Å². The number of nitrogens with zero attached hydrogens (tertiary/aromatic N) is 3. The SMILES string of the molecule is CN1CCCC1c1nc(C(=O)NC2CCCC2)c2ccccn12.O=C(O)C(F)(F)F. The third-order valence-corrected chi connectivity index (χ3v) is 5.54. The minimum Gasteiger partial charge on any atom is -0.475 e. The number of alkyl halides is 3. The van der Waals surface area contributed by atoms with E-state index in [0.717, 1.165) is 37.1 Å². The summed E-state index contributed by atoms with van der Waals surface area (Å²) in [5.74, 6) is -1.78. The summed E-state index contributed by atoms with van der Waals surface area (Å²) in [6, 6.07) is 6.60. The van der Waals surface area contributed by atoms with Gasteiger partial charge in [0.1, 0.15) is 5.82 Å². The normalized spacial score (nSPS) is 20.2. The Morgan fingerprint density at radius 1 is 1.17 bits per heavy atom. The number of aromatic nitrogens is 2. The van der Waals surface area contributed by atoms with E-state index in [-0.39, 0.29) is 5.91 Å². The summed E-state index contributed by atoms with van der Waals surface area (Å²) in [4.78, 5) is 28.7. The topological polar surface area (TPSA) is 86.9 Å². The van der Waals surface area contributed by atoms with Crippen molar-refractivity contribution in [1.29, 1.82) is 0 Å². The van der Waals surface area contributed by atoms with Crippen LogP contribution >= 0.6 is 0 Å². The number of imidazole rings is 1. The third kappa shape index (κ3) is 4.92. The van der Waals surface area contributed by atoms with Crippen molar-refractivity contribution in [3.63, 3.8) is 0 Å². The fraction of sp³-hybridized carbons (Fsp3) is 0.550. The predicted molar refractivity (Wildman–Crippen MR) is 103 cm³/mol. The van der Waals surface area contributed by atoms with Gasteiger partial charge in [-0.05, 0) is 51.4 Å². The smallest absolute Gasteiger partial charge is 0.475 e. The Bertz CT molecular complexity index is 906. The Hall–Kier alpha value is -2.62. The molecule has 1 aliphatic heterocycles. The first-order valence-corrected chi connectivity index (χ1v) is 9.96. The molecular formula is C20H25F3N4O3. The maximum absolute atomic E-state index is 12.7. The van der Waals surface area contributed by atoms with Crippen LogP contribution in [-0.2, 0) is 4.79 Å². The largest absolute Gasteiger partial charge is 0.490 e. The highest BCUT2D eigenvalue weighted by Gasteiger charge is 2.38. The second-order valence-corrected chi connectivity index (χ2v) is 7.67. The highest BCUT2D eigenvalue weighted by molar-refractivity contribution is 5.99. The van der Waals surface area contributed by atoms with Crippen molar-refractivity contribution in [3.05, 3.63) is 35.9 Å². The molecule has 1 amide bonds. The van der Waals surface area contributed by atoms with Crippen LogP contribution in [0.3, 0.4) is 0 Å². The third-order valence-electron chi connectivity index (χ3n) is 5.54. The van der Waals surface area contributed by atoms with Crippen molar-refractivity contribution in [3.8, 4) is 0 Å². The van der Waals surface area contributed by atoms with Crippen LogP contribution in [0.25, 0.3) is 5.52 Å². The summed E-state index contributed by atoms with van der Waals surface area (Å²) in [7, 11) is 2.14. The molecule has 2 N–H and O–H groups in total. The van der Waals surface area contributed by atoms with Crippen LogP contribution in [0.4, 0.5) is 13.2 Å². The number of amides is 1. The summed E-state index contributed by atoms with van der Waals surface area (Å²) in [6.07, 6.45) is 3.85. The maximum atomic E-state index is 12.7. The van der Waals surface area contributed by atoms with Gasteiger partial charge in [0.2, 0.25) is 0 Å². The highest BCUT2D eigenvalue weighted by atomic mass is 19.4. The van der Waals surface area contributed by atoms with E-state index in [9.17, 15) is 18.0 Å². The molecule has 2 aromatic heterocycles. The number of nitrogens with one attached hydrogen (secondary N) is 1. The average molecular weight is 426 g/mol. The van der Waals surface area contributed by atoms with Gasteiger partial charge in [0.15, 0.2) is 5.69 Å². The number of hydrogen-bond donors (Lipinski definition) is 2. The van der Waals surface area contributed by atoms with Crippen molar-refractivity contribution >= 4 is 17.4 Å². The monoisotopic (exact) mass is 426 g/mol. The van der Waals surface area contributed by atoms with Gasteiger partial charge in [0, 0.05) is 12.2 Å². The zero-order valence-electron chi connectivity index (χ0n) is 16.7. The van der Waals surface area contributed by atoms with Gasteiger partial charge in [-0.1, -0.05) is 18.9 Å². The van der Waals surface area contributed by atoms with Crippen LogP contribution in [0.2, 0.25) is 0 Å². The van der Waals surface area contributed by atoms with E-state index < -0.39 is 12.1 Å². The molecule has 1 aliphatic carbocycles. The molecule has 2 fully saturated rings. The molecule has 164 valence electrons. The first-order valence-electron chi connectivity index (χ1n) is 9.96. The van der Waals surface area contributed by atoms with E-state index in [1.165, 1.54) is 19.3 Å². The van der Waals surface area contributed by atoms with Crippen molar-refractivity contribution in [2.24, 2.45) is 0 Å². The lowest BCUT2D eigenvalue weighted by Gasteiger charge is -2.17. The molecule has 3 heterocycles. The van der Waals surface area contributed by atoms with Gasteiger partial charge >= 0.3 is 12.1 Å². The van der Waals surface area contributed by atoms with E-state index in [2.05, 4.69) is 21.7 Å². The van der Waals surface area contributed by atoms with Gasteiger partial charge in [0.05, 0.1) is 11.6 Å². The summed E-state index contributed by atoms with van der Waals surface area (Å²) in [5.41, 5.74) is 1.49. The molecule has 0 radical (unpaired) electrons. The predicted octanol–water partition coefficient (Wildman–Crippen LogP) is 3.41. The van der Waals surface area contributed by atoms with Crippen LogP contribution in [0, 0.1) is 0 Å². The number of fused-ring (bicyclic) bond motifs is 1. The molecule has 0 bridgehead atoms. The van der Waals surface area contributed by atoms with Crippen molar-refractivity contribution < 1.29 is 27.9 Å². The Labute approximate surface area is 171 Å². The van der Waals surface area contributed by atoms with Gasteiger partial charge in [0.25, 0.3) is 5.91 Å². The molecule has 0 aromatic carbocycles. The Balaban J connectivity index is 0.000000318. The van der Waals surface area contributed by atoms with E-state index in [1.807, 2.05) is 24.4 Å². The number of carbonyl (C=O) groups is 2. The standard InChI is InChI=1S/C18H24N4O.C2HF3O2/c1-21-11-6-10-15(21)17-20-16(14-9-4-5-12-22(14)17)18(23)19-13-7-2-3-8-13;3-2(4,5)1(6)7/h4-5,9,12-13,15H,2-3,6-8,10-11H2,1H3,(H,19,23);(H,6,7). The molecule has 2 aromatic rings. The van der Waals surface area contributed by atoms with Crippen molar-refractivity contribution in [1.82, 2.24) is 19.6 Å². The molecule has 1 saturated heterocycles. The lowest BCUT2D eigenvalue weighted by molar-refractivity contribution is -0.192. The van der Waals surface area contributed by atoms with Crippen LogP contribution < -0.4 is 5.32 Å². The molecule has 1 saturated carbocycles. The van der Waals surface area contributed by atoms with E-state index in [0.29, 0.717) is 17.8 Å². The number of aliphatic carboxylic acids is 1. The van der Waals surface area contributed by atoms with Crippen LogP contribution in [0.5, 0.6) is 0 Å². The molecule has 1 unspecified atom stereocenters. The van der Waals surface area contributed by atoms with Crippen LogP contribution in [0.1, 0.15) is 60.9 Å². The zero-order valence-corrected chi connectivity index (χ0v) is 16.7. The average Bonchev–Trinajstić information content (AvgIpc) is 3.41. The number of rotatable bonds is 3. The highest BCUT2D eigenvalue weighted by Crippen LogP contribution is 2.31.